The molecule has 8 aromatic carbocycles. The molecule has 0 aliphatic rings. The zero-order valence-electron chi connectivity index (χ0n) is 22.5. The summed E-state index contributed by atoms with van der Waals surface area (Å²) >= 11 is 0. The summed E-state index contributed by atoms with van der Waals surface area (Å²) in [6.45, 7) is 0. The van der Waals surface area contributed by atoms with Gasteiger partial charge >= 0.3 is 0 Å². The summed E-state index contributed by atoms with van der Waals surface area (Å²) in [7, 11) is 0. The van der Waals surface area contributed by atoms with Crippen LogP contribution in [0.15, 0.2) is 142 Å². The molecule has 0 saturated heterocycles. The topological polar surface area (TPSA) is 26.3 Å². The number of rotatable bonds is 2. The maximum absolute atomic E-state index is 6.32. The Morgan fingerprint density at radius 2 is 0.929 bits per heavy atom. The lowest BCUT2D eigenvalue weighted by Crippen LogP contribution is -1.91. The molecule has 0 fully saturated rings. The molecule has 0 N–H and O–H groups in total. The van der Waals surface area contributed by atoms with Gasteiger partial charge in [-0.2, -0.15) is 0 Å². The molecule has 0 bridgehead atoms. The highest BCUT2D eigenvalue weighted by Gasteiger charge is 2.21. The van der Waals surface area contributed by atoms with E-state index in [2.05, 4.69) is 121 Å². The van der Waals surface area contributed by atoms with Gasteiger partial charge in [-0.1, -0.05) is 97.1 Å². The van der Waals surface area contributed by atoms with Crippen molar-refractivity contribution in [3.63, 3.8) is 0 Å². The van der Waals surface area contributed by atoms with Gasteiger partial charge in [-0.15, -0.1) is 0 Å². The standard InChI is InChI=1S/C40H22O2/c1-3-12-29-27(10-1)37(24-17-18-26-25-9-5-6-14-33(25)41-36(26)22-24)28-11-2-4-13-30(28)39(29)31-20-21-35-40-32(31)19-16-23-8-7-15-34(42-35)38(23)40/h1-22H. The van der Waals surface area contributed by atoms with Crippen LogP contribution in [0.1, 0.15) is 0 Å². The Bertz CT molecular complexity index is 2630. The van der Waals surface area contributed by atoms with Gasteiger partial charge in [0.1, 0.15) is 22.3 Å². The van der Waals surface area contributed by atoms with E-state index in [4.69, 9.17) is 8.83 Å². The average molecular weight is 535 g/mol. The van der Waals surface area contributed by atoms with E-state index in [1.54, 1.807) is 0 Å². The van der Waals surface area contributed by atoms with Crippen molar-refractivity contribution in [2.75, 3.05) is 0 Å². The fourth-order valence-electron chi connectivity index (χ4n) is 7.28. The molecule has 2 aromatic heterocycles. The largest absolute Gasteiger partial charge is 0.456 e. The lowest BCUT2D eigenvalue weighted by Gasteiger charge is -2.18. The third-order valence-corrected chi connectivity index (χ3v) is 9.03. The summed E-state index contributed by atoms with van der Waals surface area (Å²) in [5, 5.41) is 12.1. The number of hydrogen-bond acceptors (Lipinski definition) is 2. The van der Waals surface area contributed by atoms with Gasteiger partial charge in [0.25, 0.3) is 0 Å². The third-order valence-electron chi connectivity index (χ3n) is 9.03. The molecule has 0 amide bonds. The summed E-state index contributed by atoms with van der Waals surface area (Å²) in [6, 6.07) is 47.7. The minimum atomic E-state index is 0.911. The molecule has 0 spiro atoms. The highest BCUT2D eigenvalue weighted by molar-refractivity contribution is 6.28. The molecule has 2 heterocycles. The highest BCUT2D eigenvalue weighted by Crippen LogP contribution is 2.48. The van der Waals surface area contributed by atoms with Gasteiger partial charge in [0.05, 0.1) is 0 Å². The first-order valence-corrected chi connectivity index (χ1v) is 14.4. The normalized spacial score (nSPS) is 12.3. The fourth-order valence-corrected chi connectivity index (χ4v) is 7.28. The predicted octanol–water partition coefficient (Wildman–Crippen LogP) is 11.7. The number of fused-ring (bicyclic) bond motifs is 5. The molecule has 0 aliphatic heterocycles. The Balaban J connectivity index is 1.33. The Labute approximate surface area is 240 Å². The predicted molar refractivity (Wildman–Crippen MR) is 176 cm³/mol. The van der Waals surface area contributed by atoms with Gasteiger partial charge in [0.15, 0.2) is 0 Å². The molecule has 10 rings (SSSR count). The monoisotopic (exact) mass is 534 g/mol. The number of hydrogen-bond donors (Lipinski definition) is 0. The van der Waals surface area contributed by atoms with E-state index in [-0.39, 0.29) is 0 Å². The van der Waals surface area contributed by atoms with Crippen molar-refractivity contribution in [1.29, 1.82) is 0 Å². The maximum atomic E-state index is 6.32. The van der Waals surface area contributed by atoms with Gasteiger partial charge < -0.3 is 8.83 Å². The molecule has 0 radical (unpaired) electrons. The van der Waals surface area contributed by atoms with E-state index >= 15 is 0 Å². The smallest absolute Gasteiger partial charge is 0.136 e. The van der Waals surface area contributed by atoms with E-state index in [1.165, 1.54) is 59.8 Å². The van der Waals surface area contributed by atoms with Crippen LogP contribution in [0, 0.1) is 0 Å². The second kappa shape index (κ2) is 7.99. The molecule has 0 saturated carbocycles. The van der Waals surface area contributed by atoms with E-state index in [0.29, 0.717) is 0 Å². The molecular weight excluding hydrogens is 512 g/mol. The van der Waals surface area contributed by atoms with Crippen molar-refractivity contribution in [2.24, 2.45) is 0 Å². The van der Waals surface area contributed by atoms with Crippen LogP contribution in [0.5, 0.6) is 0 Å². The second-order valence-corrected chi connectivity index (χ2v) is 11.2. The van der Waals surface area contributed by atoms with Crippen molar-refractivity contribution in [3.05, 3.63) is 133 Å². The van der Waals surface area contributed by atoms with Crippen LogP contribution in [0.2, 0.25) is 0 Å². The minimum Gasteiger partial charge on any atom is -0.456 e. The second-order valence-electron chi connectivity index (χ2n) is 11.2. The van der Waals surface area contributed by atoms with Crippen LogP contribution < -0.4 is 0 Å². The molecule has 0 aliphatic carbocycles. The van der Waals surface area contributed by atoms with Gasteiger partial charge in [0, 0.05) is 21.5 Å². The fraction of sp³-hybridized carbons (Fsp3) is 0. The van der Waals surface area contributed by atoms with Gasteiger partial charge in [-0.05, 0) is 91.0 Å². The number of furan rings is 2. The van der Waals surface area contributed by atoms with Crippen LogP contribution in [0.3, 0.4) is 0 Å². The van der Waals surface area contributed by atoms with Crippen molar-refractivity contribution in [3.8, 4) is 22.3 Å². The Kier molecular flexibility index (Phi) is 4.21. The van der Waals surface area contributed by atoms with E-state index in [1.807, 2.05) is 12.1 Å². The van der Waals surface area contributed by atoms with Crippen LogP contribution in [0.4, 0.5) is 0 Å². The Morgan fingerprint density at radius 1 is 0.333 bits per heavy atom. The first-order chi connectivity index (χ1) is 20.8. The summed E-state index contributed by atoms with van der Waals surface area (Å²) in [5.41, 5.74) is 8.57. The van der Waals surface area contributed by atoms with Crippen LogP contribution in [-0.4, -0.2) is 0 Å². The van der Waals surface area contributed by atoms with Crippen LogP contribution >= 0.6 is 0 Å². The SMILES string of the molecule is c1ccc2c(c1)oc1cc(-c3c4ccccc4c(-c4ccc5oc6cccc7ccc4c5c76)c4ccccc34)ccc12. The van der Waals surface area contributed by atoms with Gasteiger partial charge in [0.2, 0.25) is 0 Å². The molecule has 0 atom stereocenters. The minimum absolute atomic E-state index is 0.911. The summed E-state index contributed by atoms with van der Waals surface area (Å²) in [4.78, 5) is 0. The van der Waals surface area contributed by atoms with E-state index < -0.39 is 0 Å². The molecule has 10 aromatic rings. The van der Waals surface area contributed by atoms with E-state index in [0.717, 1.165) is 38.7 Å². The Morgan fingerprint density at radius 3 is 1.71 bits per heavy atom. The Hall–Kier alpha value is -5.60. The zero-order chi connectivity index (χ0) is 27.4. The van der Waals surface area contributed by atoms with Gasteiger partial charge in [-0.3, -0.25) is 0 Å². The van der Waals surface area contributed by atoms with Crippen molar-refractivity contribution in [2.45, 2.75) is 0 Å². The summed E-state index contributed by atoms with van der Waals surface area (Å²) in [6.07, 6.45) is 0. The molecule has 2 heteroatoms. The quantitative estimate of drug-likeness (QED) is 0.163. The average Bonchev–Trinajstić information content (AvgIpc) is 3.61. The molecule has 0 unspecified atom stereocenters. The van der Waals surface area contributed by atoms with E-state index in [9.17, 15) is 0 Å². The summed E-state index contributed by atoms with van der Waals surface area (Å²) in [5.74, 6) is 0. The first-order valence-electron chi connectivity index (χ1n) is 14.4. The van der Waals surface area contributed by atoms with Crippen LogP contribution in [0.25, 0.3) is 98.4 Å². The van der Waals surface area contributed by atoms with Crippen LogP contribution in [-0.2, 0) is 0 Å². The maximum Gasteiger partial charge on any atom is 0.136 e. The highest BCUT2D eigenvalue weighted by atomic mass is 16.3. The van der Waals surface area contributed by atoms with Gasteiger partial charge in [-0.25, -0.2) is 0 Å². The van der Waals surface area contributed by atoms with Crippen molar-refractivity contribution < 1.29 is 8.83 Å². The van der Waals surface area contributed by atoms with Crippen molar-refractivity contribution >= 4 is 76.2 Å². The third kappa shape index (κ3) is 2.83. The van der Waals surface area contributed by atoms with Crippen molar-refractivity contribution in [1.82, 2.24) is 0 Å². The molecular formula is C40H22O2. The zero-order valence-corrected chi connectivity index (χ0v) is 22.5. The lowest BCUT2D eigenvalue weighted by molar-refractivity contribution is 0.669. The number of benzene rings is 8. The lowest BCUT2D eigenvalue weighted by atomic mass is 9.84. The number of para-hydroxylation sites is 1. The first kappa shape index (κ1) is 22.1. The summed E-state index contributed by atoms with van der Waals surface area (Å²) < 4.78 is 12.6. The molecule has 2 nitrogen and oxygen atoms in total. The molecule has 194 valence electrons. The molecule has 42 heavy (non-hydrogen) atoms.